The topological polar surface area (TPSA) is 155 Å². The zero-order valence-corrected chi connectivity index (χ0v) is 27.1. The normalized spacial score (nSPS) is 18.3. The number of carboxylic acid groups (broad SMARTS) is 1. The molecule has 0 saturated heterocycles. The second-order valence-corrected chi connectivity index (χ2v) is 15.3. The van der Waals surface area contributed by atoms with Crippen LogP contribution >= 0.6 is 0 Å². The van der Waals surface area contributed by atoms with E-state index >= 15 is 0 Å². The van der Waals surface area contributed by atoms with Crippen molar-refractivity contribution in [2.24, 2.45) is 0 Å². The maximum Gasteiger partial charge on any atom is 0.303 e. The number of rotatable bonds is 13. The lowest BCUT2D eigenvalue weighted by Crippen LogP contribution is -2.28. The van der Waals surface area contributed by atoms with Gasteiger partial charge in [0.1, 0.15) is 6.54 Å². The second kappa shape index (κ2) is 12.6. The molecule has 12 heteroatoms. The summed E-state index contributed by atoms with van der Waals surface area (Å²) in [7, 11) is -8.75. The number of anilines is 1. The van der Waals surface area contributed by atoms with Gasteiger partial charge in [-0.15, -0.1) is 0 Å². The minimum absolute atomic E-state index is 0.0965. The number of hydrogen-bond acceptors (Lipinski definition) is 7. The van der Waals surface area contributed by atoms with Gasteiger partial charge in [-0.25, -0.2) is 8.42 Å². The van der Waals surface area contributed by atoms with Gasteiger partial charge in [0.2, 0.25) is 5.69 Å². The average molecular weight is 645 g/mol. The number of fused-ring (bicyclic) bond motifs is 2. The lowest BCUT2D eigenvalue weighted by atomic mass is 9.81. The number of allylic oxidation sites excluding steroid dienone is 4. The van der Waals surface area contributed by atoms with Crippen LogP contribution in [0.5, 0.6) is 0 Å². The van der Waals surface area contributed by atoms with Crippen LogP contribution in [0.4, 0.5) is 11.4 Å². The van der Waals surface area contributed by atoms with Crippen LogP contribution in [-0.2, 0) is 35.9 Å². The molecule has 0 radical (unpaired) electrons. The van der Waals surface area contributed by atoms with Gasteiger partial charge in [0, 0.05) is 59.6 Å². The Morgan fingerprint density at radius 1 is 0.955 bits per heavy atom. The van der Waals surface area contributed by atoms with E-state index in [9.17, 15) is 30.7 Å². The predicted molar refractivity (Wildman–Crippen MR) is 168 cm³/mol. The third-order valence-corrected chi connectivity index (χ3v) is 10.2. The minimum Gasteiger partial charge on any atom is -0.748 e. The van der Waals surface area contributed by atoms with Gasteiger partial charge in [-0.05, 0) is 56.5 Å². The van der Waals surface area contributed by atoms with Crippen molar-refractivity contribution >= 4 is 43.3 Å². The van der Waals surface area contributed by atoms with Gasteiger partial charge in [-0.3, -0.25) is 9.35 Å². The molecular weight excluding hydrogens is 604 g/mol. The quantitative estimate of drug-likeness (QED) is 0.172. The van der Waals surface area contributed by atoms with Crippen LogP contribution in [-0.4, -0.2) is 66.1 Å². The smallest absolute Gasteiger partial charge is 0.303 e. The Morgan fingerprint density at radius 3 is 2.32 bits per heavy atom. The lowest BCUT2D eigenvalue weighted by molar-refractivity contribution is -0.437. The molecule has 0 spiro atoms. The zero-order valence-electron chi connectivity index (χ0n) is 25.5. The molecule has 0 amide bonds. The molecule has 2 aliphatic rings. The second-order valence-electron chi connectivity index (χ2n) is 12.3. The molecule has 238 valence electrons. The molecule has 2 N–H and O–H groups in total. The largest absolute Gasteiger partial charge is 0.748 e. The number of hydrogen-bond donors (Lipinski definition) is 2. The van der Waals surface area contributed by atoms with Crippen molar-refractivity contribution in [3.63, 3.8) is 0 Å². The van der Waals surface area contributed by atoms with E-state index in [0.29, 0.717) is 25.9 Å². The molecule has 0 bridgehead atoms. The fraction of sp³-hybridized carbons (Fsp3) is 0.438. The molecule has 2 heterocycles. The van der Waals surface area contributed by atoms with E-state index in [4.69, 9.17) is 5.11 Å². The van der Waals surface area contributed by atoms with E-state index in [0.717, 1.165) is 40.3 Å². The number of nitrogens with zero attached hydrogens (tertiary/aromatic N) is 2. The molecule has 10 nitrogen and oxygen atoms in total. The Hall–Kier alpha value is -3.32. The van der Waals surface area contributed by atoms with Gasteiger partial charge in [0.05, 0.1) is 20.4 Å². The van der Waals surface area contributed by atoms with Crippen LogP contribution in [0.3, 0.4) is 0 Å². The molecule has 0 fully saturated rings. The van der Waals surface area contributed by atoms with E-state index in [1.165, 1.54) is 12.1 Å². The SMILES string of the molecule is CC1(C)C(/C=C/C=C2/N(CCCCCC(=O)O)c3ccc(S(=O)(=O)O)cc3C2(C)C)=[N+](CCCS(=O)(=O)[O-])c2ccccc21. The van der Waals surface area contributed by atoms with Gasteiger partial charge in [-0.2, -0.15) is 13.0 Å². The summed E-state index contributed by atoms with van der Waals surface area (Å²) in [6.45, 7) is 9.11. The molecule has 44 heavy (non-hydrogen) atoms. The molecule has 0 saturated carbocycles. The first-order valence-corrected chi connectivity index (χ1v) is 17.6. The average Bonchev–Trinajstić information content (AvgIpc) is 3.26. The Bertz CT molecular complexity index is 1750. The molecule has 0 aromatic heterocycles. The van der Waals surface area contributed by atoms with Gasteiger partial charge < -0.3 is 14.6 Å². The van der Waals surface area contributed by atoms with Crippen molar-refractivity contribution in [1.29, 1.82) is 0 Å². The fourth-order valence-corrected chi connectivity index (χ4v) is 7.28. The van der Waals surface area contributed by atoms with Gasteiger partial charge >= 0.3 is 5.97 Å². The van der Waals surface area contributed by atoms with Crippen molar-refractivity contribution < 1.29 is 40.4 Å². The molecular formula is C32H40N2O8S2. The fourth-order valence-electron chi connectivity index (χ4n) is 6.29. The summed E-state index contributed by atoms with van der Waals surface area (Å²) < 4.78 is 69.6. The van der Waals surface area contributed by atoms with Crippen LogP contribution in [0.2, 0.25) is 0 Å². The number of benzene rings is 2. The highest BCUT2D eigenvalue weighted by molar-refractivity contribution is 7.86. The summed E-state index contributed by atoms with van der Waals surface area (Å²) in [4.78, 5) is 12.9. The summed E-state index contributed by atoms with van der Waals surface area (Å²) in [6.07, 6.45) is 8.18. The molecule has 2 aromatic carbocycles. The van der Waals surface area contributed by atoms with Crippen LogP contribution < -0.4 is 4.90 Å². The number of aliphatic carboxylic acids is 1. The highest BCUT2D eigenvalue weighted by atomic mass is 32.2. The molecule has 2 aliphatic heterocycles. The standard InChI is InChI=1S/C32H40N2O8S2/c1-31(2)24-12-7-8-13-26(24)34(20-11-21-43(37,38)39)28(31)14-10-15-29-32(3,4)25-22-23(44(40,41)42)17-18-27(25)33(29)19-9-5-6-16-30(35)36/h7-8,10,12-15,17-18,22H,5-6,9,11,16,19-21H2,1-4H3,(H2-,35,36,37,38,39,40,41,42). The van der Waals surface area contributed by atoms with Crippen LogP contribution in [0, 0.1) is 0 Å². The van der Waals surface area contributed by atoms with E-state index in [-0.39, 0.29) is 17.7 Å². The zero-order chi connectivity index (χ0) is 32.5. The minimum atomic E-state index is -4.41. The van der Waals surface area contributed by atoms with Gasteiger partial charge in [-0.1, -0.05) is 44.5 Å². The molecule has 0 aliphatic carbocycles. The van der Waals surface area contributed by atoms with Crippen LogP contribution in [0.1, 0.15) is 70.9 Å². The van der Waals surface area contributed by atoms with Crippen molar-refractivity contribution in [3.05, 3.63) is 77.5 Å². The Labute approximate surface area is 259 Å². The van der Waals surface area contributed by atoms with E-state index < -0.39 is 42.8 Å². The predicted octanol–water partition coefficient (Wildman–Crippen LogP) is 5.13. The maximum atomic E-state index is 12.0. The summed E-state index contributed by atoms with van der Waals surface area (Å²) >= 11 is 0. The monoisotopic (exact) mass is 644 g/mol. The van der Waals surface area contributed by atoms with Crippen molar-refractivity contribution in [2.75, 3.05) is 23.7 Å². The highest BCUT2D eigenvalue weighted by Gasteiger charge is 2.44. The first kappa shape index (κ1) is 33.6. The third-order valence-electron chi connectivity index (χ3n) is 8.52. The number of para-hydroxylation sites is 1. The number of carbonyl (C=O) groups is 1. The summed E-state index contributed by atoms with van der Waals surface area (Å²) in [5.74, 6) is -1.29. The Morgan fingerprint density at radius 2 is 1.66 bits per heavy atom. The van der Waals surface area contributed by atoms with Crippen molar-refractivity contribution in [1.82, 2.24) is 0 Å². The summed E-state index contributed by atoms with van der Waals surface area (Å²) in [5.41, 5.74) is 4.45. The summed E-state index contributed by atoms with van der Waals surface area (Å²) in [6, 6.07) is 12.5. The van der Waals surface area contributed by atoms with Crippen molar-refractivity contribution in [3.8, 4) is 0 Å². The molecule has 0 atom stereocenters. The third kappa shape index (κ3) is 7.14. The van der Waals surface area contributed by atoms with Crippen molar-refractivity contribution in [2.45, 2.75) is 75.5 Å². The van der Waals surface area contributed by atoms with Crippen LogP contribution in [0.15, 0.2) is 71.3 Å². The van der Waals surface area contributed by atoms with Gasteiger partial charge in [0.25, 0.3) is 10.1 Å². The molecule has 2 aromatic rings. The maximum absolute atomic E-state index is 12.0. The Balaban J connectivity index is 1.73. The van der Waals surface area contributed by atoms with E-state index in [1.54, 1.807) is 6.07 Å². The summed E-state index contributed by atoms with van der Waals surface area (Å²) in [5, 5.41) is 9.00. The van der Waals surface area contributed by atoms with E-state index in [2.05, 4.69) is 23.3 Å². The Kier molecular flexibility index (Phi) is 9.60. The first-order chi connectivity index (χ1) is 20.4. The molecule has 4 rings (SSSR count). The first-order valence-electron chi connectivity index (χ1n) is 14.6. The van der Waals surface area contributed by atoms with Gasteiger partial charge in [0.15, 0.2) is 5.71 Å². The number of unbranched alkanes of at least 4 members (excludes halogenated alkanes) is 2. The lowest BCUT2D eigenvalue weighted by Gasteiger charge is -2.27. The number of carboxylic acids is 1. The van der Waals surface area contributed by atoms with E-state index in [1.807, 2.05) is 56.3 Å². The molecule has 0 unspecified atom stereocenters. The highest BCUT2D eigenvalue weighted by Crippen LogP contribution is 2.48. The van der Waals surface area contributed by atoms with Crippen LogP contribution in [0.25, 0.3) is 0 Å².